The minimum absolute atomic E-state index is 0.146. The maximum Gasteiger partial charge on any atom is 0.282 e. The van der Waals surface area contributed by atoms with Crippen LogP contribution in [0.25, 0.3) is 27.3 Å². The molecule has 5 aromatic rings. The monoisotopic (exact) mass is 369 g/mol. The molecule has 2 aromatic heterocycles. The predicted molar refractivity (Wildman–Crippen MR) is 110 cm³/mol. The highest BCUT2D eigenvalue weighted by molar-refractivity contribution is 7.99. The highest BCUT2D eigenvalue weighted by Crippen LogP contribution is 2.33. The zero-order valence-electron chi connectivity index (χ0n) is 14.6. The Kier molecular flexibility index (Phi) is 3.69. The third kappa shape index (κ3) is 2.67. The summed E-state index contributed by atoms with van der Waals surface area (Å²) in [7, 11) is 0. The van der Waals surface area contributed by atoms with Gasteiger partial charge >= 0.3 is 0 Å². The van der Waals surface area contributed by atoms with Crippen LogP contribution in [0.1, 0.15) is 5.56 Å². The molecule has 0 atom stereocenters. The molecule has 2 heterocycles. The summed E-state index contributed by atoms with van der Waals surface area (Å²) in [5.74, 6) is 0. The molecule has 5 rings (SSSR count). The van der Waals surface area contributed by atoms with E-state index in [2.05, 4.69) is 36.3 Å². The topological polar surface area (TPSA) is 47.3 Å². The summed E-state index contributed by atoms with van der Waals surface area (Å²) in [5.41, 5.74) is 2.34. The molecule has 0 aliphatic heterocycles. The van der Waals surface area contributed by atoms with Gasteiger partial charge in [0.2, 0.25) is 0 Å². The smallest absolute Gasteiger partial charge is 0.267 e. The van der Waals surface area contributed by atoms with Crippen LogP contribution in [-0.2, 0) is 0 Å². The number of hydrogen-bond acceptors (Lipinski definition) is 4. The van der Waals surface area contributed by atoms with Crippen molar-refractivity contribution in [1.29, 1.82) is 0 Å². The average molecular weight is 369 g/mol. The summed E-state index contributed by atoms with van der Waals surface area (Å²) in [6, 6.07) is 23.7. The van der Waals surface area contributed by atoms with Gasteiger partial charge in [0.25, 0.3) is 5.56 Å². The lowest BCUT2D eigenvalue weighted by Crippen LogP contribution is -2.18. The maximum atomic E-state index is 13.0. The largest absolute Gasteiger partial charge is 0.282 e. The Balaban J connectivity index is 1.84. The first kappa shape index (κ1) is 16.0. The number of rotatable bonds is 2. The molecular weight excluding hydrogens is 354 g/mol. The standard InChI is InChI=1S/C22H15N3OS/c1-14-10-12-15(13-11-14)27-21-17-7-3-2-6-16(17)20-23-19-9-5-4-8-18(19)22(26)25(20)24-21/h2-13H,1H3. The van der Waals surface area contributed by atoms with Gasteiger partial charge in [0.05, 0.1) is 10.9 Å². The molecule has 27 heavy (non-hydrogen) atoms. The molecule has 0 amide bonds. The van der Waals surface area contributed by atoms with E-state index in [0.29, 0.717) is 16.6 Å². The third-order valence-corrected chi connectivity index (χ3v) is 5.58. The molecule has 0 saturated carbocycles. The van der Waals surface area contributed by atoms with Gasteiger partial charge in [-0.1, -0.05) is 65.9 Å². The summed E-state index contributed by atoms with van der Waals surface area (Å²) in [5, 5.41) is 7.95. The van der Waals surface area contributed by atoms with E-state index in [9.17, 15) is 4.79 Å². The quantitative estimate of drug-likeness (QED) is 0.329. The number of fused-ring (bicyclic) bond motifs is 4. The minimum atomic E-state index is -0.146. The van der Waals surface area contributed by atoms with Crippen LogP contribution in [0, 0.1) is 6.92 Å². The Hall–Kier alpha value is -3.18. The van der Waals surface area contributed by atoms with Crippen LogP contribution in [0.15, 0.2) is 87.5 Å². The Morgan fingerprint density at radius 2 is 1.48 bits per heavy atom. The van der Waals surface area contributed by atoms with E-state index in [1.165, 1.54) is 10.1 Å². The van der Waals surface area contributed by atoms with Crippen molar-refractivity contribution in [2.45, 2.75) is 16.8 Å². The number of benzene rings is 3. The Labute approximate surface area is 159 Å². The Morgan fingerprint density at radius 3 is 2.26 bits per heavy atom. The lowest BCUT2D eigenvalue weighted by Gasteiger charge is -2.10. The van der Waals surface area contributed by atoms with Crippen LogP contribution in [0.2, 0.25) is 0 Å². The first-order valence-corrected chi connectivity index (χ1v) is 9.47. The molecule has 4 nitrogen and oxygen atoms in total. The molecule has 0 N–H and O–H groups in total. The van der Waals surface area contributed by atoms with Crippen molar-refractivity contribution in [2.24, 2.45) is 0 Å². The molecule has 0 radical (unpaired) electrons. The summed E-state index contributed by atoms with van der Waals surface area (Å²) < 4.78 is 1.43. The Bertz CT molecular complexity index is 1370. The van der Waals surface area contributed by atoms with Gasteiger partial charge in [-0.25, -0.2) is 4.98 Å². The second-order valence-electron chi connectivity index (χ2n) is 6.44. The van der Waals surface area contributed by atoms with E-state index < -0.39 is 0 Å². The number of aromatic nitrogens is 3. The molecule has 5 heteroatoms. The fourth-order valence-corrected chi connectivity index (χ4v) is 4.10. The van der Waals surface area contributed by atoms with E-state index in [4.69, 9.17) is 4.98 Å². The van der Waals surface area contributed by atoms with Gasteiger partial charge in [-0.2, -0.15) is 9.61 Å². The number of para-hydroxylation sites is 1. The minimum Gasteiger partial charge on any atom is -0.267 e. The first-order chi connectivity index (χ1) is 13.2. The second kappa shape index (κ2) is 6.21. The van der Waals surface area contributed by atoms with Gasteiger partial charge < -0.3 is 0 Å². The fourth-order valence-electron chi connectivity index (χ4n) is 3.19. The summed E-state index contributed by atoms with van der Waals surface area (Å²) in [6.07, 6.45) is 0. The normalized spacial score (nSPS) is 11.4. The van der Waals surface area contributed by atoms with Crippen molar-refractivity contribution < 1.29 is 0 Å². The predicted octanol–water partition coefficient (Wildman–Crippen LogP) is 4.86. The van der Waals surface area contributed by atoms with Crippen LogP contribution < -0.4 is 5.56 Å². The molecule has 0 bridgehead atoms. The molecule has 3 aromatic carbocycles. The van der Waals surface area contributed by atoms with E-state index in [1.54, 1.807) is 17.8 Å². The Morgan fingerprint density at radius 1 is 0.815 bits per heavy atom. The summed E-state index contributed by atoms with van der Waals surface area (Å²) >= 11 is 1.56. The van der Waals surface area contributed by atoms with E-state index >= 15 is 0 Å². The van der Waals surface area contributed by atoms with Crippen molar-refractivity contribution in [3.63, 3.8) is 0 Å². The highest BCUT2D eigenvalue weighted by Gasteiger charge is 2.14. The highest BCUT2D eigenvalue weighted by atomic mass is 32.2. The molecule has 0 aliphatic rings. The number of aryl methyl sites for hydroxylation is 1. The van der Waals surface area contributed by atoms with Crippen LogP contribution in [0.5, 0.6) is 0 Å². The van der Waals surface area contributed by atoms with Crippen molar-refractivity contribution in [3.8, 4) is 0 Å². The van der Waals surface area contributed by atoms with Gasteiger partial charge in [0, 0.05) is 15.7 Å². The molecule has 0 saturated heterocycles. The van der Waals surface area contributed by atoms with Crippen molar-refractivity contribution in [2.75, 3.05) is 0 Å². The van der Waals surface area contributed by atoms with Crippen LogP contribution in [-0.4, -0.2) is 14.6 Å². The molecule has 130 valence electrons. The van der Waals surface area contributed by atoms with Gasteiger partial charge in [0.15, 0.2) is 5.65 Å². The van der Waals surface area contributed by atoms with Crippen LogP contribution in [0.4, 0.5) is 0 Å². The maximum absolute atomic E-state index is 13.0. The van der Waals surface area contributed by atoms with Crippen LogP contribution >= 0.6 is 11.8 Å². The number of hydrogen-bond donors (Lipinski definition) is 0. The average Bonchev–Trinajstić information content (AvgIpc) is 2.71. The molecule has 0 spiro atoms. The van der Waals surface area contributed by atoms with Crippen molar-refractivity contribution in [1.82, 2.24) is 14.6 Å². The number of nitrogens with zero attached hydrogens (tertiary/aromatic N) is 3. The van der Waals surface area contributed by atoms with Gasteiger partial charge in [-0.15, -0.1) is 0 Å². The van der Waals surface area contributed by atoms with Crippen molar-refractivity contribution >= 4 is 39.1 Å². The van der Waals surface area contributed by atoms with E-state index in [-0.39, 0.29) is 5.56 Å². The zero-order valence-corrected chi connectivity index (χ0v) is 15.4. The van der Waals surface area contributed by atoms with Gasteiger partial charge in [-0.05, 0) is 31.2 Å². The third-order valence-electron chi connectivity index (χ3n) is 4.58. The summed E-state index contributed by atoms with van der Waals surface area (Å²) in [4.78, 5) is 18.8. The second-order valence-corrected chi connectivity index (χ2v) is 7.50. The van der Waals surface area contributed by atoms with Crippen LogP contribution in [0.3, 0.4) is 0 Å². The van der Waals surface area contributed by atoms with Gasteiger partial charge in [0.1, 0.15) is 5.03 Å². The zero-order chi connectivity index (χ0) is 18.4. The molecule has 0 fully saturated rings. The molecule has 0 aliphatic carbocycles. The fraction of sp³-hybridized carbons (Fsp3) is 0.0455. The van der Waals surface area contributed by atoms with Crippen molar-refractivity contribution in [3.05, 3.63) is 88.7 Å². The molecular formula is C22H15N3OS. The van der Waals surface area contributed by atoms with E-state index in [0.717, 1.165) is 20.7 Å². The summed E-state index contributed by atoms with van der Waals surface area (Å²) in [6.45, 7) is 2.06. The SMILES string of the molecule is Cc1ccc(Sc2nn3c(=O)c4ccccc4nc3c3ccccc23)cc1. The van der Waals surface area contributed by atoms with E-state index in [1.807, 2.05) is 42.5 Å². The lowest BCUT2D eigenvalue weighted by atomic mass is 10.2. The molecule has 0 unspecified atom stereocenters. The van der Waals surface area contributed by atoms with Gasteiger partial charge in [-0.3, -0.25) is 4.79 Å². The first-order valence-electron chi connectivity index (χ1n) is 8.66. The lowest BCUT2D eigenvalue weighted by molar-refractivity contribution is 0.835.